The zero-order chi connectivity index (χ0) is 14.5. The van der Waals surface area contributed by atoms with Gasteiger partial charge in [0.15, 0.2) is 6.61 Å². The summed E-state index contributed by atoms with van der Waals surface area (Å²) in [5.41, 5.74) is 2.27. The van der Waals surface area contributed by atoms with Gasteiger partial charge in [-0.05, 0) is 56.8 Å². The second kappa shape index (κ2) is 6.75. The SMILES string of the molecule is CNC(C)c1ccc(OCC(=O)NCC2CC2)c(C)c1. The number of carbonyl (C=O) groups excluding carboxylic acids is 1. The van der Waals surface area contributed by atoms with E-state index in [1.54, 1.807) is 0 Å². The van der Waals surface area contributed by atoms with Crippen molar-refractivity contribution in [3.05, 3.63) is 29.3 Å². The van der Waals surface area contributed by atoms with Gasteiger partial charge in [0.25, 0.3) is 5.91 Å². The Morgan fingerprint density at radius 3 is 2.80 bits per heavy atom. The summed E-state index contributed by atoms with van der Waals surface area (Å²) in [6.07, 6.45) is 2.48. The van der Waals surface area contributed by atoms with Gasteiger partial charge in [0.1, 0.15) is 5.75 Å². The largest absolute Gasteiger partial charge is 0.484 e. The zero-order valence-electron chi connectivity index (χ0n) is 12.5. The average molecular weight is 276 g/mol. The molecule has 1 aromatic rings. The molecule has 0 aromatic heterocycles. The predicted octanol–water partition coefficient (Wildman–Crippen LogP) is 2.18. The number of amides is 1. The summed E-state index contributed by atoms with van der Waals surface area (Å²) in [6.45, 7) is 5.00. The van der Waals surface area contributed by atoms with Crippen LogP contribution in [0.5, 0.6) is 5.75 Å². The van der Waals surface area contributed by atoms with Crippen molar-refractivity contribution in [1.82, 2.24) is 10.6 Å². The van der Waals surface area contributed by atoms with Gasteiger partial charge in [-0.25, -0.2) is 0 Å². The van der Waals surface area contributed by atoms with Crippen LogP contribution in [0.1, 0.15) is 36.9 Å². The molecule has 0 aliphatic heterocycles. The molecular weight excluding hydrogens is 252 g/mol. The summed E-state index contributed by atoms with van der Waals surface area (Å²) >= 11 is 0. The Kier molecular flexibility index (Phi) is 5.01. The van der Waals surface area contributed by atoms with E-state index >= 15 is 0 Å². The Labute approximate surface area is 120 Å². The van der Waals surface area contributed by atoms with Gasteiger partial charge in [-0.2, -0.15) is 0 Å². The summed E-state index contributed by atoms with van der Waals surface area (Å²) in [7, 11) is 1.94. The van der Waals surface area contributed by atoms with Gasteiger partial charge in [0.2, 0.25) is 0 Å². The van der Waals surface area contributed by atoms with Gasteiger partial charge in [0, 0.05) is 12.6 Å². The van der Waals surface area contributed by atoms with Crippen molar-refractivity contribution in [1.29, 1.82) is 0 Å². The monoisotopic (exact) mass is 276 g/mol. The lowest BCUT2D eigenvalue weighted by Gasteiger charge is -2.14. The maximum absolute atomic E-state index is 11.6. The molecule has 0 saturated heterocycles. The van der Waals surface area contributed by atoms with Crippen LogP contribution >= 0.6 is 0 Å². The van der Waals surface area contributed by atoms with E-state index in [1.165, 1.54) is 18.4 Å². The third-order valence-corrected chi connectivity index (χ3v) is 3.78. The lowest BCUT2D eigenvalue weighted by atomic mass is 10.1. The van der Waals surface area contributed by atoms with E-state index in [4.69, 9.17) is 4.74 Å². The Morgan fingerprint density at radius 1 is 1.45 bits per heavy atom. The molecule has 4 heteroatoms. The van der Waals surface area contributed by atoms with Gasteiger partial charge >= 0.3 is 0 Å². The minimum absolute atomic E-state index is 0.0380. The third-order valence-electron chi connectivity index (χ3n) is 3.78. The van der Waals surface area contributed by atoms with Crippen molar-refractivity contribution in [2.75, 3.05) is 20.2 Å². The normalized spacial score (nSPS) is 15.8. The molecule has 0 radical (unpaired) electrons. The average Bonchev–Trinajstić information content (AvgIpc) is 3.27. The fraction of sp³-hybridized carbons (Fsp3) is 0.562. The lowest BCUT2D eigenvalue weighted by molar-refractivity contribution is -0.123. The van der Waals surface area contributed by atoms with Crippen LogP contribution in [0, 0.1) is 12.8 Å². The minimum atomic E-state index is -0.0380. The quantitative estimate of drug-likeness (QED) is 0.802. The fourth-order valence-corrected chi connectivity index (χ4v) is 2.05. The van der Waals surface area contributed by atoms with Crippen LogP contribution in [0.2, 0.25) is 0 Å². The van der Waals surface area contributed by atoms with Crippen LogP contribution in [0.25, 0.3) is 0 Å². The third kappa shape index (κ3) is 4.23. The summed E-state index contributed by atoms with van der Waals surface area (Å²) in [5, 5.41) is 6.11. The molecule has 1 unspecified atom stereocenters. The molecular formula is C16H24N2O2. The number of nitrogens with one attached hydrogen (secondary N) is 2. The van der Waals surface area contributed by atoms with Crippen molar-refractivity contribution in [3.8, 4) is 5.75 Å². The minimum Gasteiger partial charge on any atom is -0.484 e. The van der Waals surface area contributed by atoms with E-state index < -0.39 is 0 Å². The first kappa shape index (κ1) is 14.9. The smallest absolute Gasteiger partial charge is 0.257 e. The van der Waals surface area contributed by atoms with E-state index in [-0.39, 0.29) is 12.5 Å². The van der Waals surface area contributed by atoms with Crippen molar-refractivity contribution in [3.63, 3.8) is 0 Å². The molecule has 0 bridgehead atoms. The molecule has 2 rings (SSSR count). The standard InChI is InChI=1S/C16H24N2O2/c1-11-8-14(12(2)17-3)6-7-15(11)20-10-16(19)18-9-13-4-5-13/h6-8,12-13,17H,4-5,9-10H2,1-3H3,(H,18,19). The molecule has 1 aromatic carbocycles. The van der Waals surface area contributed by atoms with Crippen molar-refractivity contribution in [2.24, 2.45) is 5.92 Å². The molecule has 0 heterocycles. The molecule has 4 nitrogen and oxygen atoms in total. The van der Waals surface area contributed by atoms with Crippen LogP contribution in [0.15, 0.2) is 18.2 Å². The van der Waals surface area contributed by atoms with Gasteiger partial charge in [-0.3, -0.25) is 4.79 Å². The maximum Gasteiger partial charge on any atom is 0.257 e. The highest BCUT2D eigenvalue weighted by atomic mass is 16.5. The summed E-state index contributed by atoms with van der Waals surface area (Å²) in [4.78, 5) is 11.6. The Hall–Kier alpha value is -1.55. The number of aryl methyl sites for hydroxylation is 1. The molecule has 2 N–H and O–H groups in total. The van der Waals surface area contributed by atoms with Gasteiger partial charge < -0.3 is 15.4 Å². The molecule has 1 atom stereocenters. The maximum atomic E-state index is 11.6. The van der Waals surface area contributed by atoms with Gasteiger partial charge in [-0.15, -0.1) is 0 Å². The highest BCUT2D eigenvalue weighted by molar-refractivity contribution is 5.77. The van der Waals surface area contributed by atoms with E-state index in [0.29, 0.717) is 12.0 Å². The molecule has 1 aliphatic rings. The first-order valence-electron chi connectivity index (χ1n) is 7.27. The molecule has 110 valence electrons. The number of rotatable bonds is 7. The highest BCUT2D eigenvalue weighted by Crippen LogP contribution is 2.27. The van der Waals surface area contributed by atoms with Gasteiger partial charge in [0.05, 0.1) is 0 Å². The van der Waals surface area contributed by atoms with E-state index in [1.807, 2.05) is 26.1 Å². The van der Waals surface area contributed by atoms with Crippen LogP contribution < -0.4 is 15.4 Å². The second-order valence-electron chi connectivity index (χ2n) is 5.57. The molecule has 1 amide bonds. The Morgan fingerprint density at radius 2 is 2.20 bits per heavy atom. The molecule has 1 aliphatic carbocycles. The summed E-state index contributed by atoms with van der Waals surface area (Å²) < 4.78 is 5.59. The Balaban J connectivity index is 1.83. The van der Waals surface area contributed by atoms with E-state index in [9.17, 15) is 4.79 Å². The first-order chi connectivity index (χ1) is 9.60. The fourth-order valence-electron chi connectivity index (χ4n) is 2.05. The zero-order valence-corrected chi connectivity index (χ0v) is 12.5. The van der Waals surface area contributed by atoms with Crippen molar-refractivity contribution < 1.29 is 9.53 Å². The Bertz CT molecular complexity index is 470. The number of hydrogen-bond acceptors (Lipinski definition) is 3. The second-order valence-corrected chi connectivity index (χ2v) is 5.57. The predicted molar refractivity (Wildman–Crippen MR) is 79.9 cm³/mol. The lowest BCUT2D eigenvalue weighted by Crippen LogP contribution is -2.30. The summed E-state index contributed by atoms with van der Waals surface area (Å²) in [6, 6.07) is 6.38. The highest BCUT2D eigenvalue weighted by Gasteiger charge is 2.21. The van der Waals surface area contributed by atoms with Crippen molar-refractivity contribution in [2.45, 2.75) is 32.7 Å². The molecule has 1 fully saturated rings. The number of carbonyl (C=O) groups is 1. The van der Waals surface area contributed by atoms with E-state index in [0.717, 1.165) is 17.9 Å². The summed E-state index contributed by atoms with van der Waals surface area (Å²) in [5.74, 6) is 1.44. The first-order valence-corrected chi connectivity index (χ1v) is 7.27. The molecule has 20 heavy (non-hydrogen) atoms. The van der Waals surface area contributed by atoms with Crippen molar-refractivity contribution >= 4 is 5.91 Å². The topological polar surface area (TPSA) is 50.4 Å². The molecule has 1 saturated carbocycles. The van der Waals surface area contributed by atoms with Crippen LogP contribution in [0.4, 0.5) is 0 Å². The van der Waals surface area contributed by atoms with E-state index in [2.05, 4.69) is 23.6 Å². The van der Waals surface area contributed by atoms with Crippen LogP contribution in [0.3, 0.4) is 0 Å². The number of benzene rings is 1. The molecule has 0 spiro atoms. The number of hydrogen-bond donors (Lipinski definition) is 2. The number of ether oxygens (including phenoxy) is 1. The van der Waals surface area contributed by atoms with Crippen LogP contribution in [-0.4, -0.2) is 26.1 Å². The van der Waals surface area contributed by atoms with Gasteiger partial charge in [-0.1, -0.05) is 12.1 Å². The van der Waals surface area contributed by atoms with Crippen LogP contribution in [-0.2, 0) is 4.79 Å².